The minimum absolute atomic E-state index is 0.231. The summed E-state index contributed by atoms with van der Waals surface area (Å²) >= 11 is 0. The number of hydrogen-bond acceptors (Lipinski definition) is 5. The molecule has 17 heavy (non-hydrogen) atoms. The summed E-state index contributed by atoms with van der Waals surface area (Å²) in [5.41, 5.74) is 0.931. The van der Waals surface area contributed by atoms with Gasteiger partial charge in [-0.1, -0.05) is 5.16 Å². The van der Waals surface area contributed by atoms with E-state index in [2.05, 4.69) is 15.5 Å². The Morgan fingerprint density at radius 2 is 2.12 bits per heavy atom. The molecule has 0 aliphatic carbocycles. The summed E-state index contributed by atoms with van der Waals surface area (Å²) in [5.74, 6) is 2.11. The van der Waals surface area contributed by atoms with Crippen LogP contribution in [-0.4, -0.2) is 23.8 Å². The first kappa shape index (κ1) is 10.3. The molecule has 5 nitrogen and oxygen atoms in total. The summed E-state index contributed by atoms with van der Waals surface area (Å²) in [7, 11) is 1.64. The van der Waals surface area contributed by atoms with Gasteiger partial charge in [-0.2, -0.15) is 4.98 Å². The van der Waals surface area contributed by atoms with E-state index in [9.17, 15) is 0 Å². The van der Waals surface area contributed by atoms with E-state index < -0.39 is 0 Å². The summed E-state index contributed by atoms with van der Waals surface area (Å²) < 4.78 is 10.3. The van der Waals surface area contributed by atoms with Gasteiger partial charge in [0.2, 0.25) is 11.7 Å². The van der Waals surface area contributed by atoms with E-state index in [1.165, 1.54) is 0 Å². The van der Waals surface area contributed by atoms with Gasteiger partial charge in [-0.3, -0.25) is 0 Å². The van der Waals surface area contributed by atoms with E-state index in [-0.39, 0.29) is 6.04 Å². The number of nitrogens with one attached hydrogen (secondary N) is 1. The molecule has 5 heteroatoms. The van der Waals surface area contributed by atoms with Crippen LogP contribution in [0.5, 0.6) is 5.75 Å². The van der Waals surface area contributed by atoms with E-state index >= 15 is 0 Å². The Morgan fingerprint density at radius 3 is 2.71 bits per heavy atom. The van der Waals surface area contributed by atoms with Crippen molar-refractivity contribution in [3.05, 3.63) is 30.2 Å². The van der Waals surface area contributed by atoms with Gasteiger partial charge in [-0.05, 0) is 37.2 Å². The predicted molar refractivity (Wildman–Crippen MR) is 61.6 cm³/mol. The number of benzene rings is 1. The molecule has 88 valence electrons. The molecule has 1 fully saturated rings. The maximum atomic E-state index is 5.22. The third-order valence-electron chi connectivity index (χ3n) is 2.91. The zero-order chi connectivity index (χ0) is 11.7. The number of methoxy groups -OCH3 is 1. The normalized spacial score (nSPS) is 18.8. The Balaban J connectivity index is 1.84. The van der Waals surface area contributed by atoms with Crippen LogP contribution in [-0.2, 0) is 0 Å². The largest absolute Gasteiger partial charge is 0.497 e. The molecule has 0 amide bonds. The molecule has 0 radical (unpaired) electrons. The average Bonchev–Trinajstić information content (AvgIpc) is 2.76. The van der Waals surface area contributed by atoms with Crippen molar-refractivity contribution in [1.29, 1.82) is 0 Å². The van der Waals surface area contributed by atoms with Crippen molar-refractivity contribution < 1.29 is 9.26 Å². The molecule has 3 rings (SSSR count). The van der Waals surface area contributed by atoms with Crippen LogP contribution in [0.1, 0.15) is 18.4 Å². The summed E-state index contributed by atoms with van der Waals surface area (Å²) in [6, 6.07) is 7.83. The summed E-state index contributed by atoms with van der Waals surface area (Å²) in [6.07, 6.45) is 1.06. The van der Waals surface area contributed by atoms with Crippen molar-refractivity contribution in [1.82, 2.24) is 15.5 Å². The molecule has 1 atom stereocenters. The summed E-state index contributed by atoms with van der Waals surface area (Å²) in [5, 5.41) is 7.21. The Hall–Kier alpha value is -1.88. The average molecular weight is 231 g/mol. The van der Waals surface area contributed by atoms with Gasteiger partial charge in [0.25, 0.3) is 0 Å². The van der Waals surface area contributed by atoms with E-state index in [4.69, 9.17) is 9.26 Å². The molecule has 1 aromatic carbocycles. The van der Waals surface area contributed by atoms with Crippen molar-refractivity contribution in [2.24, 2.45) is 0 Å². The minimum atomic E-state index is 0.231. The minimum Gasteiger partial charge on any atom is -0.497 e. The second-order valence-corrected chi connectivity index (χ2v) is 3.98. The SMILES string of the molecule is COc1ccc(-c2noc([C@H]3CCN3)n2)cc1. The third kappa shape index (κ3) is 1.89. The monoisotopic (exact) mass is 231 g/mol. The molecular formula is C12H13N3O2. The number of aromatic nitrogens is 2. The lowest BCUT2D eigenvalue weighted by molar-refractivity contribution is 0.273. The molecule has 1 aliphatic rings. The fourth-order valence-electron chi connectivity index (χ4n) is 1.73. The Morgan fingerprint density at radius 1 is 1.35 bits per heavy atom. The van der Waals surface area contributed by atoms with E-state index in [1.807, 2.05) is 24.3 Å². The van der Waals surface area contributed by atoms with Crippen molar-refractivity contribution in [3.8, 4) is 17.1 Å². The van der Waals surface area contributed by atoms with Gasteiger partial charge < -0.3 is 14.6 Å². The molecule has 0 unspecified atom stereocenters. The van der Waals surface area contributed by atoms with Gasteiger partial charge >= 0.3 is 0 Å². The van der Waals surface area contributed by atoms with Crippen molar-refractivity contribution >= 4 is 0 Å². The fourth-order valence-corrected chi connectivity index (χ4v) is 1.73. The highest BCUT2D eigenvalue weighted by Gasteiger charge is 2.24. The topological polar surface area (TPSA) is 60.2 Å². The highest BCUT2D eigenvalue weighted by atomic mass is 16.5. The van der Waals surface area contributed by atoms with E-state index in [1.54, 1.807) is 7.11 Å². The van der Waals surface area contributed by atoms with Gasteiger partial charge in [0, 0.05) is 5.56 Å². The molecule has 0 saturated carbocycles. The van der Waals surface area contributed by atoms with E-state index in [0.29, 0.717) is 11.7 Å². The first-order chi connectivity index (χ1) is 8.36. The highest BCUT2D eigenvalue weighted by molar-refractivity contribution is 5.55. The van der Waals surface area contributed by atoms with Crippen LogP contribution in [0, 0.1) is 0 Å². The van der Waals surface area contributed by atoms with Crippen LogP contribution in [0.15, 0.2) is 28.8 Å². The smallest absolute Gasteiger partial charge is 0.244 e. The molecule has 1 N–H and O–H groups in total. The lowest BCUT2D eigenvalue weighted by atomic mass is 10.1. The van der Waals surface area contributed by atoms with Crippen LogP contribution >= 0.6 is 0 Å². The molecule has 1 aliphatic heterocycles. The second kappa shape index (κ2) is 4.18. The number of ether oxygens (including phenoxy) is 1. The van der Waals surface area contributed by atoms with Gasteiger partial charge in [0.05, 0.1) is 13.2 Å². The zero-order valence-corrected chi connectivity index (χ0v) is 9.51. The maximum absolute atomic E-state index is 5.22. The Labute approximate surface area is 98.8 Å². The maximum Gasteiger partial charge on any atom is 0.244 e. The first-order valence-corrected chi connectivity index (χ1v) is 5.58. The van der Waals surface area contributed by atoms with Gasteiger partial charge in [-0.25, -0.2) is 0 Å². The highest BCUT2D eigenvalue weighted by Crippen LogP contribution is 2.25. The molecule has 0 bridgehead atoms. The summed E-state index contributed by atoms with van der Waals surface area (Å²) in [6.45, 7) is 1.02. The van der Waals surface area contributed by atoms with Crippen molar-refractivity contribution in [2.75, 3.05) is 13.7 Å². The molecule has 2 heterocycles. The van der Waals surface area contributed by atoms with Crippen LogP contribution in [0.2, 0.25) is 0 Å². The Bertz CT molecular complexity index is 503. The fraction of sp³-hybridized carbons (Fsp3) is 0.333. The molecule has 1 aromatic heterocycles. The lowest BCUT2D eigenvalue weighted by Crippen LogP contribution is -2.35. The second-order valence-electron chi connectivity index (χ2n) is 3.98. The van der Waals surface area contributed by atoms with E-state index in [0.717, 1.165) is 24.3 Å². The van der Waals surface area contributed by atoms with Crippen molar-refractivity contribution in [3.63, 3.8) is 0 Å². The number of rotatable bonds is 3. The molecule has 0 spiro atoms. The molecule has 1 saturated heterocycles. The Kier molecular flexibility index (Phi) is 2.53. The first-order valence-electron chi connectivity index (χ1n) is 5.58. The molecular weight excluding hydrogens is 218 g/mol. The van der Waals surface area contributed by atoms with Crippen LogP contribution in [0.25, 0.3) is 11.4 Å². The predicted octanol–water partition coefficient (Wildman–Crippen LogP) is 1.78. The quantitative estimate of drug-likeness (QED) is 0.872. The lowest BCUT2D eigenvalue weighted by Gasteiger charge is -2.23. The van der Waals surface area contributed by atoms with Gasteiger partial charge in [0.15, 0.2) is 0 Å². The number of nitrogens with zero attached hydrogens (tertiary/aromatic N) is 2. The number of hydrogen-bond donors (Lipinski definition) is 1. The van der Waals surface area contributed by atoms with Gasteiger partial charge in [-0.15, -0.1) is 0 Å². The van der Waals surface area contributed by atoms with Crippen LogP contribution in [0.3, 0.4) is 0 Å². The zero-order valence-electron chi connectivity index (χ0n) is 9.51. The van der Waals surface area contributed by atoms with Gasteiger partial charge in [0.1, 0.15) is 5.75 Å². The summed E-state index contributed by atoms with van der Waals surface area (Å²) in [4.78, 5) is 4.38. The third-order valence-corrected chi connectivity index (χ3v) is 2.91. The molecule has 2 aromatic rings. The van der Waals surface area contributed by atoms with Crippen LogP contribution < -0.4 is 10.1 Å². The van der Waals surface area contributed by atoms with Crippen LogP contribution in [0.4, 0.5) is 0 Å². The standard InChI is InChI=1S/C12H13N3O2/c1-16-9-4-2-8(3-5-9)11-14-12(17-15-11)10-6-7-13-10/h2-5,10,13H,6-7H2,1H3/t10-/m1/s1. The van der Waals surface area contributed by atoms with Crippen molar-refractivity contribution in [2.45, 2.75) is 12.5 Å².